The molecule has 1 fully saturated rings. The van der Waals surface area contributed by atoms with Crippen molar-refractivity contribution in [3.8, 4) is 0 Å². The molecule has 0 spiro atoms. The standard InChI is InChI=1S/C13H15N3S.ClH/c1-2-4-12-11(3-1)15-8-13(16-12)17-9-10-5-6-14-7-10;/h1-4,8,10,14H,5-7,9H2;1H. The fraction of sp³-hybridized carbons (Fsp3) is 0.385. The van der Waals surface area contributed by atoms with E-state index in [4.69, 9.17) is 0 Å². The van der Waals surface area contributed by atoms with Gasteiger partial charge in [0.05, 0.1) is 17.2 Å². The van der Waals surface area contributed by atoms with Crippen molar-refractivity contribution in [2.75, 3.05) is 18.8 Å². The number of hydrogen-bond acceptors (Lipinski definition) is 4. The highest BCUT2D eigenvalue weighted by Crippen LogP contribution is 2.22. The van der Waals surface area contributed by atoms with Crippen LogP contribution in [0, 0.1) is 5.92 Å². The summed E-state index contributed by atoms with van der Waals surface area (Å²) in [6.45, 7) is 2.31. The van der Waals surface area contributed by atoms with E-state index in [-0.39, 0.29) is 12.4 Å². The van der Waals surface area contributed by atoms with Crippen LogP contribution in [0.3, 0.4) is 0 Å². The van der Waals surface area contributed by atoms with Gasteiger partial charge in [0.2, 0.25) is 0 Å². The number of para-hydroxylation sites is 2. The lowest BCUT2D eigenvalue weighted by molar-refractivity contribution is 0.662. The van der Waals surface area contributed by atoms with Gasteiger partial charge in [0.25, 0.3) is 0 Å². The van der Waals surface area contributed by atoms with Gasteiger partial charge in [0.15, 0.2) is 0 Å². The van der Waals surface area contributed by atoms with Crippen LogP contribution in [0.1, 0.15) is 6.42 Å². The fourth-order valence-electron chi connectivity index (χ4n) is 2.07. The second-order valence-corrected chi connectivity index (χ2v) is 5.41. The van der Waals surface area contributed by atoms with E-state index in [2.05, 4.69) is 15.3 Å². The number of nitrogens with zero attached hydrogens (tertiary/aromatic N) is 2. The van der Waals surface area contributed by atoms with Gasteiger partial charge < -0.3 is 5.32 Å². The van der Waals surface area contributed by atoms with Gasteiger partial charge in [-0.25, -0.2) is 4.98 Å². The number of halogens is 1. The lowest BCUT2D eigenvalue weighted by Gasteiger charge is -2.07. The zero-order valence-electron chi connectivity index (χ0n) is 10.0. The summed E-state index contributed by atoms with van der Waals surface area (Å²) in [5.41, 5.74) is 1.96. The molecule has 18 heavy (non-hydrogen) atoms. The zero-order valence-corrected chi connectivity index (χ0v) is 11.6. The number of hydrogen-bond donors (Lipinski definition) is 1. The Balaban J connectivity index is 0.00000120. The molecule has 2 aromatic rings. The van der Waals surface area contributed by atoms with Crippen LogP contribution in [-0.2, 0) is 0 Å². The predicted molar refractivity (Wildman–Crippen MR) is 78.5 cm³/mol. The molecule has 0 bridgehead atoms. The Kier molecular flexibility index (Phi) is 4.80. The van der Waals surface area contributed by atoms with Crippen molar-refractivity contribution in [2.24, 2.45) is 5.92 Å². The van der Waals surface area contributed by atoms with Gasteiger partial charge in [-0.05, 0) is 37.6 Å². The molecule has 1 aromatic heterocycles. The Hall–Kier alpha value is -0.840. The van der Waals surface area contributed by atoms with E-state index in [1.165, 1.54) is 6.42 Å². The largest absolute Gasteiger partial charge is 0.316 e. The third-order valence-electron chi connectivity index (χ3n) is 3.06. The van der Waals surface area contributed by atoms with Crippen molar-refractivity contribution in [2.45, 2.75) is 11.4 Å². The van der Waals surface area contributed by atoms with E-state index in [0.29, 0.717) is 0 Å². The maximum Gasteiger partial charge on any atom is 0.115 e. The Morgan fingerprint density at radius 2 is 2.11 bits per heavy atom. The molecule has 96 valence electrons. The van der Waals surface area contributed by atoms with Gasteiger partial charge in [-0.1, -0.05) is 12.1 Å². The minimum Gasteiger partial charge on any atom is -0.316 e. The minimum absolute atomic E-state index is 0. The molecular formula is C13H16ClN3S. The first kappa shape index (κ1) is 13.6. The van der Waals surface area contributed by atoms with Crippen LogP contribution in [0.2, 0.25) is 0 Å². The first-order valence-electron chi connectivity index (χ1n) is 5.97. The molecule has 1 aliphatic heterocycles. The molecule has 3 nitrogen and oxygen atoms in total. The van der Waals surface area contributed by atoms with E-state index < -0.39 is 0 Å². The summed E-state index contributed by atoms with van der Waals surface area (Å²) >= 11 is 1.82. The van der Waals surface area contributed by atoms with Crippen molar-refractivity contribution >= 4 is 35.2 Å². The maximum absolute atomic E-state index is 4.62. The number of thioether (sulfide) groups is 1. The van der Waals surface area contributed by atoms with Crippen LogP contribution in [0.25, 0.3) is 11.0 Å². The van der Waals surface area contributed by atoms with Gasteiger partial charge in [-0.15, -0.1) is 24.2 Å². The number of rotatable bonds is 3. The lowest BCUT2D eigenvalue weighted by atomic mass is 10.2. The first-order valence-corrected chi connectivity index (χ1v) is 6.96. The van der Waals surface area contributed by atoms with E-state index in [9.17, 15) is 0 Å². The molecular weight excluding hydrogens is 266 g/mol. The highest BCUT2D eigenvalue weighted by Gasteiger charge is 2.14. The maximum atomic E-state index is 4.62. The molecule has 0 amide bonds. The second kappa shape index (κ2) is 6.36. The molecule has 3 rings (SSSR count). The van der Waals surface area contributed by atoms with Gasteiger partial charge in [0, 0.05) is 5.75 Å². The average molecular weight is 282 g/mol. The molecule has 0 aliphatic carbocycles. The monoisotopic (exact) mass is 281 g/mol. The Bertz CT molecular complexity index is 514. The quantitative estimate of drug-likeness (QED) is 0.878. The van der Waals surface area contributed by atoms with Gasteiger partial charge in [-0.2, -0.15) is 0 Å². The van der Waals surface area contributed by atoms with Crippen molar-refractivity contribution in [3.63, 3.8) is 0 Å². The smallest absolute Gasteiger partial charge is 0.115 e. The zero-order chi connectivity index (χ0) is 11.5. The summed E-state index contributed by atoms with van der Waals surface area (Å²) in [5, 5.41) is 4.43. The summed E-state index contributed by atoms with van der Waals surface area (Å²) < 4.78 is 0. The van der Waals surface area contributed by atoms with Crippen LogP contribution >= 0.6 is 24.2 Å². The van der Waals surface area contributed by atoms with E-state index in [1.54, 1.807) is 0 Å². The van der Waals surface area contributed by atoms with Crippen LogP contribution in [0.4, 0.5) is 0 Å². The molecule has 1 unspecified atom stereocenters. The number of aromatic nitrogens is 2. The molecule has 1 aromatic carbocycles. The van der Waals surface area contributed by atoms with E-state index in [1.807, 2.05) is 42.2 Å². The highest BCUT2D eigenvalue weighted by atomic mass is 35.5. The SMILES string of the molecule is Cl.c1ccc2nc(SCC3CCNC3)cnc2c1. The lowest BCUT2D eigenvalue weighted by Crippen LogP contribution is -2.10. The van der Waals surface area contributed by atoms with Crippen LogP contribution in [-0.4, -0.2) is 28.8 Å². The summed E-state index contributed by atoms with van der Waals surface area (Å²) in [6, 6.07) is 8.02. The third kappa shape index (κ3) is 3.13. The predicted octanol–water partition coefficient (Wildman–Crippen LogP) is 2.75. The molecule has 0 radical (unpaired) electrons. The van der Waals surface area contributed by atoms with Crippen LogP contribution in [0.5, 0.6) is 0 Å². The molecule has 5 heteroatoms. The fourth-order valence-corrected chi connectivity index (χ4v) is 3.05. The second-order valence-electron chi connectivity index (χ2n) is 4.37. The van der Waals surface area contributed by atoms with Crippen molar-refractivity contribution in [3.05, 3.63) is 30.5 Å². The Morgan fingerprint density at radius 1 is 1.28 bits per heavy atom. The molecule has 1 atom stereocenters. The minimum atomic E-state index is 0. The van der Waals surface area contributed by atoms with Crippen LogP contribution < -0.4 is 5.32 Å². The summed E-state index contributed by atoms with van der Waals surface area (Å²) in [5.74, 6) is 1.92. The van der Waals surface area contributed by atoms with Crippen LogP contribution in [0.15, 0.2) is 35.5 Å². The normalized spacial score (nSPS) is 18.8. The Labute approximate surface area is 117 Å². The van der Waals surface area contributed by atoms with E-state index in [0.717, 1.165) is 40.8 Å². The number of fused-ring (bicyclic) bond motifs is 1. The number of benzene rings is 1. The summed E-state index contributed by atoms with van der Waals surface area (Å²) in [7, 11) is 0. The van der Waals surface area contributed by atoms with Crippen molar-refractivity contribution in [1.29, 1.82) is 0 Å². The first-order chi connectivity index (χ1) is 8.42. The molecule has 1 aliphatic rings. The highest BCUT2D eigenvalue weighted by molar-refractivity contribution is 7.99. The van der Waals surface area contributed by atoms with Gasteiger partial charge in [-0.3, -0.25) is 4.98 Å². The summed E-state index contributed by atoms with van der Waals surface area (Å²) in [4.78, 5) is 9.04. The molecule has 1 N–H and O–H groups in total. The topological polar surface area (TPSA) is 37.8 Å². The molecule has 0 saturated carbocycles. The van der Waals surface area contributed by atoms with Crippen molar-refractivity contribution < 1.29 is 0 Å². The Morgan fingerprint density at radius 3 is 2.89 bits per heavy atom. The van der Waals surface area contributed by atoms with Gasteiger partial charge in [0.1, 0.15) is 5.03 Å². The molecule has 1 saturated heterocycles. The summed E-state index contributed by atoms with van der Waals surface area (Å²) in [6.07, 6.45) is 3.17. The average Bonchev–Trinajstić information content (AvgIpc) is 2.89. The van der Waals surface area contributed by atoms with E-state index >= 15 is 0 Å². The van der Waals surface area contributed by atoms with Gasteiger partial charge >= 0.3 is 0 Å². The van der Waals surface area contributed by atoms with Crippen molar-refractivity contribution in [1.82, 2.24) is 15.3 Å². The number of nitrogens with one attached hydrogen (secondary N) is 1. The third-order valence-corrected chi connectivity index (χ3v) is 4.19. The molecule has 2 heterocycles.